The summed E-state index contributed by atoms with van der Waals surface area (Å²) in [6, 6.07) is 1.72. The lowest BCUT2D eigenvalue weighted by molar-refractivity contribution is 0.122. The molecule has 0 aromatic heterocycles. The topological polar surface area (TPSA) is 15.3 Å². The zero-order valence-corrected chi connectivity index (χ0v) is 10.3. The number of nitrogens with one attached hydrogen (secondary N) is 1. The molecule has 15 heavy (non-hydrogen) atoms. The summed E-state index contributed by atoms with van der Waals surface area (Å²) in [7, 11) is 2.08. The molecular weight excluding hydrogens is 184 g/mol. The molecule has 0 amide bonds. The Labute approximate surface area is 94.4 Å². The lowest BCUT2D eigenvalue weighted by Gasteiger charge is -2.37. The van der Waals surface area contributed by atoms with Gasteiger partial charge in [0, 0.05) is 18.6 Å². The number of likely N-dealkylation sites (N-methyl/N-ethyl adjacent to an activating group) is 1. The van der Waals surface area contributed by atoms with Gasteiger partial charge in [0.1, 0.15) is 0 Å². The normalized spacial score (nSPS) is 38.4. The maximum atomic E-state index is 3.35. The fourth-order valence-electron chi connectivity index (χ4n) is 3.50. The second kappa shape index (κ2) is 5.31. The Balaban J connectivity index is 1.90. The van der Waals surface area contributed by atoms with Crippen LogP contribution in [0.3, 0.4) is 0 Å². The van der Waals surface area contributed by atoms with Crippen LogP contribution in [0.15, 0.2) is 0 Å². The number of hydrogen-bond acceptors (Lipinski definition) is 2. The monoisotopic (exact) mass is 210 g/mol. The molecular formula is C13H26N2. The van der Waals surface area contributed by atoms with Gasteiger partial charge in [-0.25, -0.2) is 0 Å². The lowest BCUT2D eigenvalue weighted by Crippen LogP contribution is -2.45. The predicted molar refractivity (Wildman–Crippen MR) is 65.1 cm³/mol. The van der Waals surface area contributed by atoms with Crippen molar-refractivity contribution in [2.75, 3.05) is 20.1 Å². The van der Waals surface area contributed by atoms with Gasteiger partial charge in [-0.05, 0) is 45.2 Å². The molecule has 2 rings (SSSR count). The Morgan fingerprint density at radius 1 is 1.20 bits per heavy atom. The SMILES string of the molecule is CNCC1CCCN1C1CCCC(C)C1. The van der Waals surface area contributed by atoms with E-state index in [1.807, 2.05) is 0 Å². The summed E-state index contributed by atoms with van der Waals surface area (Å²) in [5.74, 6) is 0.958. The molecule has 0 spiro atoms. The van der Waals surface area contributed by atoms with Gasteiger partial charge in [-0.1, -0.05) is 19.8 Å². The Morgan fingerprint density at radius 3 is 2.80 bits per heavy atom. The van der Waals surface area contributed by atoms with E-state index in [0.717, 1.165) is 18.0 Å². The van der Waals surface area contributed by atoms with E-state index in [9.17, 15) is 0 Å². The van der Waals surface area contributed by atoms with Crippen molar-refractivity contribution in [1.82, 2.24) is 10.2 Å². The highest BCUT2D eigenvalue weighted by atomic mass is 15.2. The van der Waals surface area contributed by atoms with E-state index in [1.165, 1.54) is 51.6 Å². The molecule has 0 aromatic carbocycles. The maximum absolute atomic E-state index is 3.35. The third-order valence-electron chi connectivity index (χ3n) is 4.24. The number of hydrogen-bond donors (Lipinski definition) is 1. The quantitative estimate of drug-likeness (QED) is 0.768. The van der Waals surface area contributed by atoms with Gasteiger partial charge in [-0.15, -0.1) is 0 Å². The summed E-state index contributed by atoms with van der Waals surface area (Å²) in [4.78, 5) is 2.80. The zero-order chi connectivity index (χ0) is 10.7. The van der Waals surface area contributed by atoms with Crippen LogP contribution >= 0.6 is 0 Å². The van der Waals surface area contributed by atoms with Gasteiger partial charge >= 0.3 is 0 Å². The summed E-state index contributed by atoms with van der Waals surface area (Å²) >= 11 is 0. The van der Waals surface area contributed by atoms with E-state index in [-0.39, 0.29) is 0 Å². The molecule has 2 nitrogen and oxygen atoms in total. The first-order chi connectivity index (χ1) is 7.31. The van der Waals surface area contributed by atoms with Gasteiger partial charge in [0.25, 0.3) is 0 Å². The first-order valence-electron chi connectivity index (χ1n) is 6.71. The molecule has 1 saturated carbocycles. The van der Waals surface area contributed by atoms with E-state index in [2.05, 4.69) is 24.2 Å². The van der Waals surface area contributed by atoms with Crippen molar-refractivity contribution in [2.45, 2.75) is 57.5 Å². The highest BCUT2D eigenvalue weighted by Crippen LogP contribution is 2.31. The van der Waals surface area contributed by atoms with Crippen molar-refractivity contribution in [1.29, 1.82) is 0 Å². The Hall–Kier alpha value is -0.0800. The highest BCUT2D eigenvalue weighted by molar-refractivity contribution is 4.88. The van der Waals surface area contributed by atoms with Gasteiger partial charge in [-0.2, -0.15) is 0 Å². The molecule has 1 heterocycles. The van der Waals surface area contributed by atoms with Crippen LogP contribution in [0.25, 0.3) is 0 Å². The minimum absolute atomic E-state index is 0.824. The smallest absolute Gasteiger partial charge is 0.0223 e. The van der Waals surface area contributed by atoms with Crippen molar-refractivity contribution in [3.05, 3.63) is 0 Å². The van der Waals surface area contributed by atoms with E-state index >= 15 is 0 Å². The molecule has 1 aliphatic carbocycles. The minimum atomic E-state index is 0.824. The van der Waals surface area contributed by atoms with Crippen molar-refractivity contribution in [3.63, 3.8) is 0 Å². The fourth-order valence-corrected chi connectivity index (χ4v) is 3.50. The summed E-state index contributed by atoms with van der Waals surface area (Å²) in [6.45, 7) is 4.96. The third-order valence-corrected chi connectivity index (χ3v) is 4.24. The standard InChI is InChI=1S/C13H26N2/c1-11-5-3-6-12(9-11)15-8-4-7-13(15)10-14-2/h11-14H,3-10H2,1-2H3. The summed E-state index contributed by atoms with van der Waals surface area (Å²) in [5, 5.41) is 3.35. The summed E-state index contributed by atoms with van der Waals surface area (Å²) in [5.41, 5.74) is 0. The zero-order valence-electron chi connectivity index (χ0n) is 10.3. The van der Waals surface area contributed by atoms with Crippen LogP contribution in [-0.2, 0) is 0 Å². The van der Waals surface area contributed by atoms with Crippen molar-refractivity contribution >= 4 is 0 Å². The highest BCUT2D eigenvalue weighted by Gasteiger charge is 2.32. The van der Waals surface area contributed by atoms with Gasteiger partial charge in [0.2, 0.25) is 0 Å². The molecule has 3 atom stereocenters. The Kier molecular flexibility index (Phi) is 4.04. The fraction of sp³-hybridized carbons (Fsp3) is 1.00. The first kappa shape index (κ1) is 11.4. The number of likely N-dealkylation sites (tertiary alicyclic amines) is 1. The molecule has 1 N–H and O–H groups in total. The van der Waals surface area contributed by atoms with Gasteiger partial charge in [-0.3, -0.25) is 4.90 Å². The first-order valence-corrected chi connectivity index (χ1v) is 6.71. The molecule has 1 aliphatic heterocycles. The van der Waals surface area contributed by atoms with Crippen LogP contribution in [0, 0.1) is 5.92 Å². The average Bonchev–Trinajstić information content (AvgIpc) is 2.66. The molecule has 3 unspecified atom stereocenters. The van der Waals surface area contributed by atoms with Gasteiger partial charge in [0.05, 0.1) is 0 Å². The minimum Gasteiger partial charge on any atom is -0.318 e. The van der Waals surface area contributed by atoms with Crippen molar-refractivity contribution in [3.8, 4) is 0 Å². The molecule has 0 aromatic rings. The molecule has 1 saturated heterocycles. The van der Waals surface area contributed by atoms with Crippen molar-refractivity contribution < 1.29 is 0 Å². The van der Waals surface area contributed by atoms with Crippen LogP contribution in [-0.4, -0.2) is 37.1 Å². The second-order valence-corrected chi connectivity index (χ2v) is 5.52. The molecule has 2 fully saturated rings. The van der Waals surface area contributed by atoms with E-state index in [4.69, 9.17) is 0 Å². The van der Waals surface area contributed by atoms with Crippen LogP contribution in [0.2, 0.25) is 0 Å². The summed E-state index contributed by atoms with van der Waals surface area (Å²) in [6.07, 6.45) is 8.63. The van der Waals surface area contributed by atoms with Crippen LogP contribution < -0.4 is 5.32 Å². The second-order valence-electron chi connectivity index (χ2n) is 5.52. The van der Waals surface area contributed by atoms with Gasteiger partial charge < -0.3 is 5.32 Å². The largest absolute Gasteiger partial charge is 0.318 e. The summed E-state index contributed by atoms with van der Waals surface area (Å²) < 4.78 is 0. The molecule has 88 valence electrons. The Morgan fingerprint density at radius 2 is 2.07 bits per heavy atom. The molecule has 2 heteroatoms. The van der Waals surface area contributed by atoms with E-state index in [0.29, 0.717) is 0 Å². The van der Waals surface area contributed by atoms with E-state index < -0.39 is 0 Å². The predicted octanol–water partition coefficient (Wildman–Crippen LogP) is 2.25. The lowest BCUT2D eigenvalue weighted by atomic mass is 9.86. The maximum Gasteiger partial charge on any atom is 0.0223 e. The molecule has 0 bridgehead atoms. The van der Waals surface area contributed by atoms with Crippen LogP contribution in [0.1, 0.15) is 45.4 Å². The Bertz CT molecular complexity index is 193. The molecule has 0 radical (unpaired) electrons. The molecule has 2 aliphatic rings. The van der Waals surface area contributed by atoms with Crippen LogP contribution in [0.5, 0.6) is 0 Å². The third kappa shape index (κ3) is 2.73. The number of rotatable bonds is 3. The van der Waals surface area contributed by atoms with Gasteiger partial charge in [0.15, 0.2) is 0 Å². The van der Waals surface area contributed by atoms with Crippen LogP contribution in [0.4, 0.5) is 0 Å². The van der Waals surface area contributed by atoms with Crippen molar-refractivity contribution in [2.24, 2.45) is 5.92 Å². The van der Waals surface area contributed by atoms with E-state index in [1.54, 1.807) is 0 Å². The average molecular weight is 210 g/mol. The number of nitrogens with zero attached hydrogens (tertiary/aromatic N) is 1.